The highest BCUT2D eigenvalue weighted by Crippen LogP contribution is 2.40. The van der Waals surface area contributed by atoms with Crippen molar-refractivity contribution in [3.8, 4) is 23.0 Å². The summed E-state index contributed by atoms with van der Waals surface area (Å²) in [6, 6.07) is 51.2. The standard InChI is InChI=1S/C30H32BN7O3.C23H26BN7O3.C22H23N7O2.C16H23BN4O.C14H11N3O3/c1-31(40)34-16-21-9-12-37(13-10-21)28-15-26-23(8-5-11-32-26)14-27(28)36-30(39)25-18-35-38-19-24(17-33-29(25)38)41-20-22-6-3-2-4-7-22;1-24(34)27-11-15-4-7-30(8-5-15)21-10-19-16(3-2-6-25-19)9-20(21)29-23(33)18-13-28-31-14-17(32)12-26-22(18)31;23-10-14-3-6-28(7-4-14)20-9-18-15(2-1-5-24-18)8-19(20)27-22(31)17-12-26-29-13-16(30)11-25-21(17)29;1-17(22)20-11-12-4-7-21(8-5-12)16-10-15-13(9-14(16)18)3-2-6-19-15;18-14(19)12-7-16-17-8-11(6-15-13(12)17)20-9-10-4-2-1-3-5-10/h2-8,11,14-15,17-19,21,34,40H,9-10,12-13,16,20H2,1H3,(H,36,39);2-3,6,9-10,12-15,27,32,34H,4-5,7-8,11H2,1H3,(H,29,33);1-2,5,8-9,11-14,30H,3-4,6-7,10,23H2,(H,27,31);2-3,6,9-10,12,20,22H,4-5,7-8,11,18H2,1H3;1-8H,9H2,(H,18,19). The number of hydrogen-bond donors (Lipinski definition) is 14. The zero-order valence-corrected chi connectivity index (χ0v) is 82.1. The number of aromatic hydroxyl groups is 2. The summed E-state index contributed by atoms with van der Waals surface area (Å²) in [4.78, 5) is 94.8. The number of anilines is 8. The Bertz CT molecular complexity index is 7670. The van der Waals surface area contributed by atoms with E-state index in [1.54, 1.807) is 62.2 Å². The fraction of sp³-hybridized carbons (Fsp3) is 0.276. The second kappa shape index (κ2) is 47.5. The van der Waals surface area contributed by atoms with Crippen molar-refractivity contribution in [3.63, 3.8) is 0 Å². The number of carboxylic acids is 1. The van der Waals surface area contributed by atoms with Gasteiger partial charge in [0.2, 0.25) is 0 Å². The minimum atomic E-state index is -1.05. The van der Waals surface area contributed by atoms with Crippen LogP contribution in [-0.4, -0.2) is 232 Å². The fourth-order valence-corrected chi connectivity index (χ4v) is 18.6. The molecule has 12 aromatic heterocycles. The van der Waals surface area contributed by atoms with Crippen molar-refractivity contribution < 1.29 is 59.0 Å². The van der Waals surface area contributed by atoms with Gasteiger partial charge >= 0.3 is 27.1 Å². The molecule has 756 valence electrons. The number of nitrogens with one attached hydrogen (secondary N) is 6. The van der Waals surface area contributed by atoms with Gasteiger partial charge in [-0.2, -0.15) is 20.4 Å². The molecule has 0 bridgehead atoms. The molecule has 0 atom stereocenters. The summed E-state index contributed by atoms with van der Waals surface area (Å²) in [7, 11) is -1.45. The summed E-state index contributed by atoms with van der Waals surface area (Å²) >= 11 is 0. The molecule has 4 aliphatic heterocycles. The van der Waals surface area contributed by atoms with Crippen molar-refractivity contribution in [2.75, 3.05) is 120 Å². The highest BCUT2D eigenvalue weighted by molar-refractivity contribution is 6.46. The van der Waals surface area contributed by atoms with Crippen LogP contribution in [0.2, 0.25) is 20.5 Å². The van der Waals surface area contributed by atoms with Crippen LogP contribution in [0.25, 0.3) is 66.2 Å². The molecular formula is C105H115B3N28O12. The Morgan fingerprint density at radius 3 is 0.993 bits per heavy atom. The number of amides is 3. The number of benzene rings is 6. The molecule has 0 aliphatic carbocycles. The lowest BCUT2D eigenvalue weighted by molar-refractivity contribution is 0.0697. The molecular weight excluding hydrogens is 1880 g/mol. The number of carbonyl (C=O) groups is 4. The number of piperidine rings is 4. The van der Waals surface area contributed by atoms with Crippen LogP contribution in [0.4, 0.5) is 45.5 Å². The van der Waals surface area contributed by atoms with E-state index < -0.39 is 27.1 Å². The number of nitrogens with two attached hydrogens (primary N) is 2. The molecule has 0 unspecified atom stereocenters. The number of pyridine rings is 4. The number of rotatable bonds is 27. The number of ether oxygens (including phenoxy) is 2. The molecule has 0 saturated carbocycles. The lowest BCUT2D eigenvalue weighted by Crippen LogP contribution is -2.41. The van der Waals surface area contributed by atoms with Gasteiger partial charge < -0.3 is 103 Å². The molecule has 22 rings (SSSR count). The zero-order valence-electron chi connectivity index (χ0n) is 82.1. The number of nitrogens with zero attached hydrogens (tertiary/aromatic N) is 20. The quantitative estimate of drug-likeness (QED) is 0.0168. The first-order valence-corrected chi connectivity index (χ1v) is 49.5. The summed E-state index contributed by atoms with van der Waals surface area (Å²) in [6.07, 6.45) is 32.9. The van der Waals surface area contributed by atoms with Crippen molar-refractivity contribution in [2.45, 2.75) is 85.0 Å². The Kier molecular flexibility index (Phi) is 32.6. The number of hydrogen-bond acceptors (Lipinski definition) is 32. The SMILES string of the molecule is CB(O)NCC1CCN(c2cc3ncccc3cc2N)CC1.CB(O)NCC1CCN(c2cc3ncccc3cc2NC(=O)c2cnn3cc(O)cnc23)CC1.CB(O)NCC1CCN(c2cc3ncccc3cc2NC(=O)c2cnn3cc(OCc4ccccc4)cnc23)CC1.NCC1CCN(c2cc3ncccc3cc2NC(=O)c2cnn3cc(O)cnc23)CC1.O=C(O)c1cnn2cc(OCc3ccccc3)cnc12. The van der Waals surface area contributed by atoms with E-state index in [9.17, 15) is 44.5 Å². The lowest BCUT2D eigenvalue weighted by Gasteiger charge is -2.35. The molecule has 18 aromatic rings. The monoisotopic (exact) mass is 1990 g/mol. The van der Waals surface area contributed by atoms with Gasteiger partial charge in [-0.25, -0.2) is 42.8 Å². The van der Waals surface area contributed by atoms with Gasteiger partial charge in [-0.15, -0.1) is 0 Å². The molecule has 6 aromatic carbocycles. The first-order valence-electron chi connectivity index (χ1n) is 49.5. The Morgan fingerprint density at radius 1 is 0.365 bits per heavy atom. The molecule has 0 radical (unpaired) electrons. The molecule has 4 aliphatic rings. The maximum absolute atomic E-state index is 13.6. The first-order chi connectivity index (χ1) is 72.0. The molecule has 4 saturated heterocycles. The average molecular weight is 1990 g/mol. The molecule has 3 amide bonds. The number of carbonyl (C=O) groups excluding carboxylic acids is 3. The normalized spacial score (nSPS) is 14.2. The summed E-state index contributed by atoms with van der Waals surface area (Å²) in [5.74, 6) is 1.20. The molecule has 40 nitrogen and oxygen atoms in total. The van der Waals surface area contributed by atoms with Crippen molar-refractivity contribution in [3.05, 3.63) is 290 Å². The minimum absolute atomic E-state index is 0.0206. The molecule has 4 fully saturated rings. The first kappa shape index (κ1) is 101. The van der Waals surface area contributed by atoms with Gasteiger partial charge in [0.05, 0.1) is 142 Å². The lowest BCUT2D eigenvalue weighted by atomic mass is 9.86. The van der Waals surface area contributed by atoms with Crippen LogP contribution in [-0.2, 0) is 13.2 Å². The number of carboxylic acid groups (broad SMARTS) is 1. The van der Waals surface area contributed by atoms with Crippen LogP contribution in [0.1, 0.15) is 104 Å². The summed E-state index contributed by atoms with van der Waals surface area (Å²) in [5.41, 5.74) is 27.2. The predicted molar refractivity (Wildman–Crippen MR) is 573 cm³/mol. The third-order valence-electron chi connectivity index (χ3n) is 26.7. The van der Waals surface area contributed by atoms with E-state index in [1.807, 2.05) is 158 Å². The van der Waals surface area contributed by atoms with Crippen LogP contribution >= 0.6 is 0 Å². The smallest absolute Gasteiger partial charge is 0.373 e. The summed E-state index contributed by atoms with van der Waals surface area (Å²) < 4.78 is 17.2. The maximum atomic E-state index is 13.6. The number of aromatic carboxylic acids is 1. The largest absolute Gasteiger partial charge is 0.505 e. The van der Waals surface area contributed by atoms with Gasteiger partial charge in [-0.3, -0.25) is 34.3 Å². The van der Waals surface area contributed by atoms with E-state index in [4.69, 9.17) is 26.0 Å². The molecule has 148 heavy (non-hydrogen) atoms. The van der Waals surface area contributed by atoms with E-state index in [-0.39, 0.29) is 34.8 Å². The Labute approximate surface area is 852 Å². The van der Waals surface area contributed by atoms with Gasteiger partial charge in [-0.1, -0.05) is 84.9 Å². The Balaban J connectivity index is 0.000000124. The van der Waals surface area contributed by atoms with Gasteiger partial charge in [0.1, 0.15) is 35.5 Å². The fourth-order valence-electron chi connectivity index (χ4n) is 18.6. The van der Waals surface area contributed by atoms with Gasteiger partial charge in [0, 0.05) is 98.7 Å². The Hall–Kier alpha value is -16.6. The molecule has 16 N–H and O–H groups in total. The van der Waals surface area contributed by atoms with Crippen LogP contribution in [0, 0.1) is 23.7 Å². The summed E-state index contributed by atoms with van der Waals surface area (Å²) in [5, 5.41) is 95.6. The van der Waals surface area contributed by atoms with E-state index in [0.717, 1.165) is 218 Å². The van der Waals surface area contributed by atoms with Crippen molar-refractivity contribution in [1.82, 2.24) is 94.0 Å². The van der Waals surface area contributed by atoms with Gasteiger partial charge in [-0.05, 0) is 206 Å². The third-order valence-corrected chi connectivity index (χ3v) is 26.7. The second-order valence-electron chi connectivity index (χ2n) is 37.2. The topological polar surface area (TPSA) is 518 Å². The average Bonchev–Trinajstić information content (AvgIpc) is 1.67. The predicted octanol–water partition coefficient (Wildman–Crippen LogP) is 12.3. The highest BCUT2D eigenvalue weighted by Gasteiger charge is 2.31. The van der Waals surface area contributed by atoms with E-state index in [0.29, 0.717) is 99.9 Å². The van der Waals surface area contributed by atoms with Crippen LogP contribution in [0.15, 0.2) is 257 Å². The van der Waals surface area contributed by atoms with Crippen LogP contribution in [0.3, 0.4) is 0 Å². The van der Waals surface area contributed by atoms with E-state index in [1.165, 1.54) is 69.3 Å². The Morgan fingerprint density at radius 2 is 0.662 bits per heavy atom. The van der Waals surface area contributed by atoms with E-state index in [2.05, 4.69) is 118 Å². The second-order valence-corrected chi connectivity index (χ2v) is 37.2. The third kappa shape index (κ3) is 25.3. The number of fused-ring (bicyclic) bond motifs is 8. The zero-order chi connectivity index (χ0) is 103. The van der Waals surface area contributed by atoms with Crippen LogP contribution < -0.4 is 72.2 Å². The minimum Gasteiger partial charge on any atom is -0.505 e. The van der Waals surface area contributed by atoms with Crippen molar-refractivity contribution >= 4 is 157 Å². The van der Waals surface area contributed by atoms with Crippen LogP contribution in [0.5, 0.6) is 23.0 Å². The van der Waals surface area contributed by atoms with Crippen molar-refractivity contribution in [1.29, 1.82) is 0 Å². The number of nitrogen functional groups attached to an aromatic ring is 1. The highest BCUT2D eigenvalue weighted by atomic mass is 16.5. The summed E-state index contributed by atoms with van der Waals surface area (Å²) in [6.45, 7) is 16.3. The van der Waals surface area contributed by atoms with E-state index >= 15 is 0 Å². The molecule has 0 spiro atoms. The molecule has 16 heterocycles. The van der Waals surface area contributed by atoms with Gasteiger partial charge in [0.25, 0.3) is 17.7 Å². The van der Waals surface area contributed by atoms with Crippen molar-refractivity contribution in [2.24, 2.45) is 29.4 Å². The molecule has 43 heteroatoms. The number of aromatic nitrogens is 16. The van der Waals surface area contributed by atoms with Gasteiger partial charge in [0.15, 0.2) is 45.6 Å². The maximum Gasteiger partial charge on any atom is 0.373 e.